The molecule has 2 aromatic rings. The lowest BCUT2D eigenvalue weighted by molar-refractivity contribution is 0.644. The SMILES string of the molecule is CCCn1ccnc1CNc1cc(Br)ccc1Cl. The molecule has 0 spiro atoms. The maximum Gasteiger partial charge on any atom is 0.128 e. The number of rotatable bonds is 5. The zero-order valence-corrected chi connectivity index (χ0v) is 12.5. The second-order valence-electron chi connectivity index (χ2n) is 4.01. The van der Waals surface area contributed by atoms with Crippen molar-refractivity contribution in [3.63, 3.8) is 0 Å². The average molecular weight is 329 g/mol. The lowest BCUT2D eigenvalue weighted by Crippen LogP contribution is -2.08. The molecule has 1 aromatic heterocycles. The standard InChI is InChI=1S/C13H15BrClN3/c1-2-6-18-7-5-16-13(18)9-17-12-8-10(14)3-4-11(12)15/h3-5,7-8,17H,2,6,9H2,1H3. The summed E-state index contributed by atoms with van der Waals surface area (Å²) < 4.78 is 3.16. The van der Waals surface area contributed by atoms with Gasteiger partial charge in [0.15, 0.2) is 0 Å². The molecule has 2 rings (SSSR count). The zero-order chi connectivity index (χ0) is 13.0. The van der Waals surface area contributed by atoms with Gasteiger partial charge in [-0.15, -0.1) is 0 Å². The fourth-order valence-electron chi connectivity index (χ4n) is 1.76. The van der Waals surface area contributed by atoms with Crippen molar-refractivity contribution in [3.05, 3.63) is 45.9 Å². The van der Waals surface area contributed by atoms with Gasteiger partial charge in [0, 0.05) is 23.4 Å². The van der Waals surface area contributed by atoms with Crippen molar-refractivity contribution >= 4 is 33.2 Å². The number of hydrogen-bond acceptors (Lipinski definition) is 2. The minimum absolute atomic E-state index is 0.670. The molecule has 1 heterocycles. The normalized spacial score (nSPS) is 10.6. The van der Waals surface area contributed by atoms with E-state index in [2.05, 4.69) is 37.7 Å². The molecule has 0 aliphatic rings. The van der Waals surface area contributed by atoms with E-state index in [1.807, 2.05) is 30.6 Å². The third-order valence-corrected chi connectivity index (χ3v) is 3.45. The largest absolute Gasteiger partial charge is 0.377 e. The Morgan fingerprint density at radius 3 is 3.06 bits per heavy atom. The van der Waals surface area contributed by atoms with E-state index in [9.17, 15) is 0 Å². The Hall–Kier alpha value is -1.000. The second-order valence-corrected chi connectivity index (χ2v) is 5.34. The molecule has 96 valence electrons. The van der Waals surface area contributed by atoms with Crippen LogP contribution in [0, 0.1) is 0 Å². The van der Waals surface area contributed by atoms with Crippen LogP contribution in [0.5, 0.6) is 0 Å². The molecule has 0 saturated heterocycles. The van der Waals surface area contributed by atoms with Gasteiger partial charge in [-0.2, -0.15) is 0 Å². The number of halogens is 2. The molecule has 0 unspecified atom stereocenters. The summed E-state index contributed by atoms with van der Waals surface area (Å²) in [6.07, 6.45) is 4.93. The number of imidazole rings is 1. The summed E-state index contributed by atoms with van der Waals surface area (Å²) >= 11 is 9.56. The zero-order valence-electron chi connectivity index (χ0n) is 10.2. The highest BCUT2D eigenvalue weighted by molar-refractivity contribution is 9.10. The first kappa shape index (κ1) is 13.4. The minimum atomic E-state index is 0.670. The molecule has 0 aliphatic carbocycles. The van der Waals surface area contributed by atoms with Gasteiger partial charge in [-0.3, -0.25) is 0 Å². The van der Waals surface area contributed by atoms with Crippen LogP contribution in [-0.2, 0) is 13.1 Å². The van der Waals surface area contributed by atoms with E-state index in [0.717, 1.165) is 29.0 Å². The monoisotopic (exact) mass is 327 g/mol. The van der Waals surface area contributed by atoms with Crippen molar-refractivity contribution in [1.29, 1.82) is 0 Å². The highest BCUT2D eigenvalue weighted by Crippen LogP contribution is 2.25. The van der Waals surface area contributed by atoms with Gasteiger partial charge in [0.25, 0.3) is 0 Å². The Morgan fingerprint density at radius 1 is 1.44 bits per heavy atom. The number of nitrogens with zero attached hydrogens (tertiary/aromatic N) is 2. The van der Waals surface area contributed by atoms with Crippen LogP contribution in [0.15, 0.2) is 35.1 Å². The van der Waals surface area contributed by atoms with Gasteiger partial charge >= 0.3 is 0 Å². The van der Waals surface area contributed by atoms with Gasteiger partial charge in [0.2, 0.25) is 0 Å². The predicted octanol–water partition coefficient (Wildman–Crippen LogP) is 4.32. The number of hydrogen-bond donors (Lipinski definition) is 1. The van der Waals surface area contributed by atoms with Crippen LogP contribution in [0.4, 0.5) is 5.69 Å². The Labute approximate surface area is 120 Å². The van der Waals surface area contributed by atoms with E-state index in [-0.39, 0.29) is 0 Å². The first-order chi connectivity index (χ1) is 8.70. The molecule has 0 atom stereocenters. The van der Waals surface area contributed by atoms with Crippen molar-refractivity contribution in [2.45, 2.75) is 26.4 Å². The molecule has 0 amide bonds. The van der Waals surface area contributed by atoms with Crippen LogP contribution in [0.1, 0.15) is 19.2 Å². The molecule has 5 heteroatoms. The highest BCUT2D eigenvalue weighted by atomic mass is 79.9. The van der Waals surface area contributed by atoms with Crippen molar-refractivity contribution in [2.24, 2.45) is 0 Å². The molecular formula is C13H15BrClN3. The number of aryl methyl sites for hydroxylation is 1. The van der Waals surface area contributed by atoms with E-state index < -0.39 is 0 Å². The molecular weight excluding hydrogens is 314 g/mol. The Morgan fingerprint density at radius 2 is 2.28 bits per heavy atom. The van der Waals surface area contributed by atoms with E-state index in [1.54, 1.807) is 0 Å². The predicted molar refractivity (Wildman–Crippen MR) is 79.0 cm³/mol. The highest BCUT2D eigenvalue weighted by Gasteiger charge is 2.04. The molecule has 0 saturated carbocycles. The average Bonchev–Trinajstić information content (AvgIpc) is 2.78. The molecule has 0 fully saturated rings. The van der Waals surface area contributed by atoms with Crippen LogP contribution >= 0.6 is 27.5 Å². The maximum absolute atomic E-state index is 6.13. The van der Waals surface area contributed by atoms with E-state index >= 15 is 0 Å². The van der Waals surface area contributed by atoms with Crippen LogP contribution in [0.2, 0.25) is 5.02 Å². The topological polar surface area (TPSA) is 29.9 Å². The Balaban J connectivity index is 2.06. The van der Waals surface area contributed by atoms with Gasteiger partial charge in [-0.05, 0) is 24.6 Å². The second kappa shape index (κ2) is 6.25. The summed E-state index contributed by atoms with van der Waals surface area (Å²) in [5, 5.41) is 4.02. The summed E-state index contributed by atoms with van der Waals surface area (Å²) in [5.41, 5.74) is 0.914. The fourth-order valence-corrected chi connectivity index (χ4v) is 2.30. The summed E-state index contributed by atoms with van der Waals surface area (Å²) in [4.78, 5) is 4.35. The van der Waals surface area contributed by atoms with Crippen LogP contribution in [-0.4, -0.2) is 9.55 Å². The van der Waals surface area contributed by atoms with Gasteiger partial charge in [-0.1, -0.05) is 34.5 Å². The summed E-state index contributed by atoms with van der Waals surface area (Å²) in [7, 11) is 0. The molecule has 1 aromatic carbocycles. The summed E-state index contributed by atoms with van der Waals surface area (Å²) in [6.45, 7) is 3.81. The van der Waals surface area contributed by atoms with Crippen molar-refractivity contribution < 1.29 is 0 Å². The minimum Gasteiger partial charge on any atom is -0.377 e. The Kier molecular flexibility index (Phi) is 4.66. The van der Waals surface area contributed by atoms with Crippen LogP contribution < -0.4 is 5.32 Å². The molecule has 0 aliphatic heterocycles. The molecule has 3 nitrogen and oxygen atoms in total. The van der Waals surface area contributed by atoms with E-state index in [1.165, 1.54) is 0 Å². The van der Waals surface area contributed by atoms with Crippen molar-refractivity contribution in [1.82, 2.24) is 9.55 Å². The van der Waals surface area contributed by atoms with Crippen molar-refractivity contribution in [3.8, 4) is 0 Å². The third-order valence-electron chi connectivity index (χ3n) is 2.63. The van der Waals surface area contributed by atoms with Crippen LogP contribution in [0.3, 0.4) is 0 Å². The van der Waals surface area contributed by atoms with E-state index in [4.69, 9.17) is 11.6 Å². The molecule has 0 bridgehead atoms. The van der Waals surface area contributed by atoms with Gasteiger partial charge < -0.3 is 9.88 Å². The Bertz CT molecular complexity index is 525. The molecule has 18 heavy (non-hydrogen) atoms. The molecule has 0 radical (unpaired) electrons. The summed E-state index contributed by atoms with van der Waals surface area (Å²) in [6, 6.07) is 5.76. The summed E-state index contributed by atoms with van der Waals surface area (Å²) in [5.74, 6) is 1.02. The van der Waals surface area contributed by atoms with E-state index in [0.29, 0.717) is 11.6 Å². The first-order valence-corrected chi connectivity index (χ1v) is 7.06. The van der Waals surface area contributed by atoms with Gasteiger partial charge in [0.1, 0.15) is 5.82 Å². The van der Waals surface area contributed by atoms with Gasteiger partial charge in [-0.25, -0.2) is 4.98 Å². The fraction of sp³-hybridized carbons (Fsp3) is 0.308. The number of anilines is 1. The maximum atomic E-state index is 6.13. The van der Waals surface area contributed by atoms with Gasteiger partial charge in [0.05, 0.1) is 17.3 Å². The first-order valence-electron chi connectivity index (χ1n) is 5.89. The quantitative estimate of drug-likeness (QED) is 0.886. The third kappa shape index (κ3) is 3.27. The molecule has 1 N–H and O–H groups in total. The number of benzene rings is 1. The van der Waals surface area contributed by atoms with Crippen LogP contribution in [0.25, 0.3) is 0 Å². The number of nitrogens with one attached hydrogen (secondary N) is 1. The lowest BCUT2D eigenvalue weighted by atomic mass is 10.3. The number of aromatic nitrogens is 2. The smallest absolute Gasteiger partial charge is 0.128 e. The van der Waals surface area contributed by atoms with Crippen molar-refractivity contribution in [2.75, 3.05) is 5.32 Å². The lowest BCUT2D eigenvalue weighted by Gasteiger charge is -2.10.